The minimum absolute atomic E-state index is 0.119. The maximum absolute atomic E-state index is 11.9. The van der Waals surface area contributed by atoms with Crippen molar-refractivity contribution in [1.82, 2.24) is 5.32 Å². The van der Waals surface area contributed by atoms with Crippen molar-refractivity contribution in [3.8, 4) is 5.75 Å². The Morgan fingerprint density at radius 3 is 2.89 bits per heavy atom. The van der Waals surface area contributed by atoms with Gasteiger partial charge >= 0.3 is 0 Å². The van der Waals surface area contributed by atoms with Gasteiger partial charge in [0.25, 0.3) is 5.91 Å². The lowest BCUT2D eigenvalue weighted by Gasteiger charge is -2.10. The second-order valence-electron chi connectivity index (χ2n) is 3.85. The fourth-order valence-electron chi connectivity index (χ4n) is 1.50. The third-order valence-electron chi connectivity index (χ3n) is 2.40. The Morgan fingerprint density at radius 1 is 1.39 bits per heavy atom. The van der Waals surface area contributed by atoms with Crippen molar-refractivity contribution < 1.29 is 9.53 Å². The lowest BCUT2D eigenvalue weighted by Crippen LogP contribution is -2.25. The largest absolute Gasteiger partial charge is 0.489 e. The summed E-state index contributed by atoms with van der Waals surface area (Å²) in [5.41, 5.74) is 5.94. The van der Waals surface area contributed by atoms with Crippen molar-refractivity contribution >= 4 is 5.91 Å². The van der Waals surface area contributed by atoms with Gasteiger partial charge in [-0.1, -0.05) is 24.8 Å². The molecule has 0 heterocycles. The van der Waals surface area contributed by atoms with Crippen LogP contribution in [0.1, 0.15) is 23.2 Å². The maximum atomic E-state index is 11.9. The Hall–Kier alpha value is -1.81. The van der Waals surface area contributed by atoms with Gasteiger partial charge in [0.2, 0.25) is 0 Å². The number of unbranched alkanes of at least 4 members (excludes halogenated alkanes) is 1. The molecule has 1 aromatic carbocycles. The zero-order valence-corrected chi connectivity index (χ0v) is 10.5. The van der Waals surface area contributed by atoms with Crippen molar-refractivity contribution in [3.63, 3.8) is 0 Å². The molecule has 0 aromatic heterocycles. The monoisotopic (exact) mass is 248 g/mol. The predicted molar refractivity (Wildman–Crippen MR) is 72.8 cm³/mol. The molecule has 1 amide bonds. The van der Waals surface area contributed by atoms with Crippen molar-refractivity contribution in [2.45, 2.75) is 12.8 Å². The van der Waals surface area contributed by atoms with Crippen molar-refractivity contribution in [3.05, 3.63) is 42.5 Å². The van der Waals surface area contributed by atoms with E-state index in [1.807, 2.05) is 12.1 Å². The summed E-state index contributed by atoms with van der Waals surface area (Å²) in [6.07, 6.45) is 3.45. The molecular weight excluding hydrogens is 228 g/mol. The topological polar surface area (TPSA) is 64.3 Å². The molecule has 0 atom stereocenters. The van der Waals surface area contributed by atoms with Gasteiger partial charge in [0.1, 0.15) is 12.4 Å². The SMILES string of the molecule is C=CCOc1ccccc1C(=O)NCCCCN. The molecule has 1 rings (SSSR count). The van der Waals surface area contributed by atoms with Crippen LogP contribution in [-0.2, 0) is 0 Å². The smallest absolute Gasteiger partial charge is 0.255 e. The molecule has 3 N–H and O–H groups in total. The zero-order chi connectivity index (χ0) is 13.2. The molecular formula is C14H20N2O2. The molecule has 98 valence electrons. The van der Waals surface area contributed by atoms with Crippen molar-refractivity contribution in [2.75, 3.05) is 19.7 Å². The van der Waals surface area contributed by atoms with Gasteiger partial charge in [0.15, 0.2) is 0 Å². The molecule has 0 saturated carbocycles. The maximum Gasteiger partial charge on any atom is 0.255 e. The average Bonchev–Trinajstić information content (AvgIpc) is 2.41. The van der Waals surface area contributed by atoms with Gasteiger partial charge in [-0.2, -0.15) is 0 Å². The Balaban J connectivity index is 2.57. The molecule has 0 bridgehead atoms. The van der Waals surface area contributed by atoms with Gasteiger partial charge in [0, 0.05) is 6.54 Å². The molecule has 4 heteroatoms. The number of carbonyl (C=O) groups excluding carboxylic acids is 1. The summed E-state index contributed by atoms with van der Waals surface area (Å²) in [6, 6.07) is 7.17. The van der Waals surface area contributed by atoms with E-state index in [9.17, 15) is 4.79 Å². The first kappa shape index (κ1) is 14.3. The second-order valence-corrected chi connectivity index (χ2v) is 3.85. The molecule has 0 unspecified atom stereocenters. The highest BCUT2D eigenvalue weighted by atomic mass is 16.5. The summed E-state index contributed by atoms with van der Waals surface area (Å²) < 4.78 is 5.44. The molecule has 0 aliphatic rings. The number of carbonyl (C=O) groups is 1. The first-order valence-electron chi connectivity index (χ1n) is 6.10. The normalized spacial score (nSPS) is 9.83. The fourth-order valence-corrected chi connectivity index (χ4v) is 1.50. The molecule has 0 aliphatic carbocycles. The van der Waals surface area contributed by atoms with Gasteiger partial charge in [-0.05, 0) is 31.5 Å². The van der Waals surface area contributed by atoms with Crippen molar-refractivity contribution in [1.29, 1.82) is 0 Å². The Labute approximate surface area is 108 Å². The van der Waals surface area contributed by atoms with Crippen molar-refractivity contribution in [2.24, 2.45) is 5.73 Å². The minimum Gasteiger partial charge on any atom is -0.489 e. The molecule has 0 fully saturated rings. The summed E-state index contributed by atoms with van der Waals surface area (Å²) in [4.78, 5) is 11.9. The van der Waals surface area contributed by atoms with Gasteiger partial charge in [-0.15, -0.1) is 0 Å². The number of nitrogens with two attached hydrogens (primary N) is 1. The Morgan fingerprint density at radius 2 is 2.17 bits per heavy atom. The quantitative estimate of drug-likeness (QED) is 0.544. The van der Waals surface area contributed by atoms with Gasteiger partial charge in [-0.3, -0.25) is 4.79 Å². The van der Waals surface area contributed by atoms with E-state index in [-0.39, 0.29) is 5.91 Å². The number of rotatable bonds is 8. The number of hydrogen-bond donors (Lipinski definition) is 2. The van der Waals surface area contributed by atoms with E-state index in [1.165, 1.54) is 0 Å². The van der Waals surface area contributed by atoms with Gasteiger partial charge in [0.05, 0.1) is 5.56 Å². The summed E-state index contributed by atoms with van der Waals surface area (Å²) >= 11 is 0. The third-order valence-corrected chi connectivity index (χ3v) is 2.40. The highest BCUT2D eigenvalue weighted by molar-refractivity contribution is 5.96. The van der Waals surface area contributed by atoms with Crippen LogP contribution in [0.15, 0.2) is 36.9 Å². The minimum atomic E-state index is -0.119. The van der Waals surface area contributed by atoms with E-state index in [2.05, 4.69) is 11.9 Å². The summed E-state index contributed by atoms with van der Waals surface area (Å²) in [5, 5.41) is 2.85. The van der Waals surface area contributed by atoms with Crippen LogP contribution in [-0.4, -0.2) is 25.6 Å². The van der Waals surface area contributed by atoms with E-state index in [1.54, 1.807) is 18.2 Å². The number of para-hydroxylation sites is 1. The third kappa shape index (κ3) is 4.59. The van der Waals surface area contributed by atoms with E-state index in [0.29, 0.717) is 31.0 Å². The van der Waals surface area contributed by atoms with Crippen LogP contribution in [0.4, 0.5) is 0 Å². The fraction of sp³-hybridized carbons (Fsp3) is 0.357. The average molecular weight is 248 g/mol. The predicted octanol–water partition coefficient (Wildman–Crippen LogP) is 1.72. The van der Waals surface area contributed by atoms with Gasteiger partial charge in [-0.25, -0.2) is 0 Å². The van der Waals surface area contributed by atoms with Crippen LogP contribution in [0.5, 0.6) is 5.75 Å². The van der Waals surface area contributed by atoms with Crippen LogP contribution >= 0.6 is 0 Å². The number of benzene rings is 1. The summed E-state index contributed by atoms with van der Waals surface area (Å²) in [5.74, 6) is 0.459. The van der Waals surface area contributed by atoms with E-state index < -0.39 is 0 Å². The Bertz CT molecular complexity index is 391. The Kier molecular flexibility index (Phi) is 6.58. The van der Waals surface area contributed by atoms with Crippen LogP contribution in [0.25, 0.3) is 0 Å². The first-order chi connectivity index (χ1) is 8.79. The van der Waals surface area contributed by atoms with E-state index >= 15 is 0 Å². The lowest BCUT2D eigenvalue weighted by atomic mass is 10.2. The van der Waals surface area contributed by atoms with Gasteiger partial charge < -0.3 is 15.8 Å². The number of amides is 1. The van der Waals surface area contributed by atoms with E-state index in [0.717, 1.165) is 12.8 Å². The first-order valence-corrected chi connectivity index (χ1v) is 6.10. The molecule has 0 spiro atoms. The highest BCUT2D eigenvalue weighted by Crippen LogP contribution is 2.17. The molecule has 0 radical (unpaired) electrons. The summed E-state index contributed by atoms with van der Waals surface area (Å²) in [7, 11) is 0. The zero-order valence-electron chi connectivity index (χ0n) is 10.5. The van der Waals surface area contributed by atoms with Crippen LogP contribution < -0.4 is 15.8 Å². The summed E-state index contributed by atoms with van der Waals surface area (Å²) in [6.45, 7) is 5.25. The molecule has 0 saturated heterocycles. The molecule has 0 aliphatic heterocycles. The molecule has 4 nitrogen and oxygen atoms in total. The number of nitrogens with one attached hydrogen (secondary N) is 1. The van der Waals surface area contributed by atoms with Crippen LogP contribution in [0.2, 0.25) is 0 Å². The highest BCUT2D eigenvalue weighted by Gasteiger charge is 2.10. The molecule has 1 aromatic rings. The van der Waals surface area contributed by atoms with Crippen LogP contribution in [0, 0.1) is 0 Å². The lowest BCUT2D eigenvalue weighted by molar-refractivity contribution is 0.0949. The number of hydrogen-bond acceptors (Lipinski definition) is 3. The second kappa shape index (κ2) is 8.31. The molecule has 18 heavy (non-hydrogen) atoms. The van der Waals surface area contributed by atoms with Crippen LogP contribution in [0.3, 0.4) is 0 Å². The van der Waals surface area contributed by atoms with E-state index in [4.69, 9.17) is 10.5 Å². The number of ether oxygens (including phenoxy) is 1. The standard InChI is InChI=1S/C14H20N2O2/c1-2-11-18-13-8-4-3-7-12(13)14(17)16-10-6-5-9-15/h2-4,7-8H,1,5-6,9-11,15H2,(H,16,17).